The first-order valence-corrected chi connectivity index (χ1v) is 8.38. The third-order valence-corrected chi connectivity index (χ3v) is 4.08. The van der Waals surface area contributed by atoms with Crippen LogP contribution in [0, 0.1) is 5.92 Å². The maximum atomic E-state index is 12.0. The summed E-state index contributed by atoms with van der Waals surface area (Å²) in [5.74, 6) is -1.77. The molecule has 1 saturated heterocycles. The third kappa shape index (κ3) is 5.01. The summed E-state index contributed by atoms with van der Waals surface area (Å²) >= 11 is 0. The molecule has 0 aromatic heterocycles. The maximum absolute atomic E-state index is 12.0. The molecule has 1 aromatic carbocycles. The van der Waals surface area contributed by atoms with Gasteiger partial charge in [0.15, 0.2) is 6.10 Å². The number of hydrogen-bond donors (Lipinski definition) is 4. The largest absolute Gasteiger partial charge is 0.479 e. The van der Waals surface area contributed by atoms with Crippen molar-refractivity contribution in [3.05, 3.63) is 35.4 Å². The van der Waals surface area contributed by atoms with E-state index in [4.69, 9.17) is 14.6 Å². The number of esters is 1. The van der Waals surface area contributed by atoms with Crippen molar-refractivity contribution in [3.63, 3.8) is 0 Å². The van der Waals surface area contributed by atoms with Gasteiger partial charge in [0.2, 0.25) is 6.29 Å². The van der Waals surface area contributed by atoms with E-state index in [0.29, 0.717) is 11.5 Å². The summed E-state index contributed by atoms with van der Waals surface area (Å²) in [5.41, 5.74) is 1.83. The number of rotatable bonds is 6. The van der Waals surface area contributed by atoms with Gasteiger partial charge in [0.1, 0.15) is 18.3 Å². The zero-order valence-electron chi connectivity index (χ0n) is 14.6. The highest BCUT2D eigenvalue weighted by molar-refractivity contribution is 5.74. The lowest BCUT2D eigenvalue weighted by molar-refractivity contribution is -0.286. The van der Waals surface area contributed by atoms with Crippen molar-refractivity contribution in [3.8, 4) is 0 Å². The Hall–Kier alpha value is -2.00. The Labute approximate surface area is 151 Å². The second kappa shape index (κ2) is 8.59. The quantitative estimate of drug-likeness (QED) is 0.510. The molecule has 0 bridgehead atoms. The van der Waals surface area contributed by atoms with E-state index >= 15 is 0 Å². The van der Waals surface area contributed by atoms with Gasteiger partial charge in [-0.2, -0.15) is 0 Å². The van der Waals surface area contributed by atoms with Crippen LogP contribution in [-0.4, -0.2) is 63.1 Å². The predicted molar refractivity (Wildman–Crippen MR) is 89.1 cm³/mol. The first-order chi connectivity index (χ1) is 12.2. The minimum absolute atomic E-state index is 0.106. The summed E-state index contributed by atoms with van der Waals surface area (Å²) in [4.78, 5) is 23.1. The van der Waals surface area contributed by atoms with Gasteiger partial charge in [0.25, 0.3) is 0 Å². The molecule has 144 valence electrons. The molecular weight excluding hydrogens is 344 g/mol. The van der Waals surface area contributed by atoms with Gasteiger partial charge in [-0.05, 0) is 23.5 Å². The molecule has 0 aliphatic carbocycles. The van der Waals surface area contributed by atoms with Crippen molar-refractivity contribution in [1.82, 2.24) is 0 Å². The highest BCUT2D eigenvalue weighted by Gasteiger charge is 2.48. The number of carboxylic acids is 1. The van der Waals surface area contributed by atoms with Crippen LogP contribution in [0.5, 0.6) is 0 Å². The zero-order valence-corrected chi connectivity index (χ0v) is 14.6. The Bertz CT molecular complexity index is 627. The molecule has 2 rings (SSSR count). The van der Waals surface area contributed by atoms with Crippen molar-refractivity contribution in [2.24, 2.45) is 5.92 Å². The van der Waals surface area contributed by atoms with Crippen molar-refractivity contribution < 1.29 is 39.5 Å². The van der Waals surface area contributed by atoms with Crippen LogP contribution in [0.25, 0.3) is 0 Å². The molecule has 1 heterocycles. The second-order valence-electron chi connectivity index (χ2n) is 6.82. The first-order valence-electron chi connectivity index (χ1n) is 8.38. The Balaban J connectivity index is 1.96. The zero-order chi connectivity index (χ0) is 19.4. The van der Waals surface area contributed by atoms with Gasteiger partial charge in [0.05, 0.1) is 6.42 Å². The van der Waals surface area contributed by atoms with E-state index < -0.39 is 42.6 Å². The van der Waals surface area contributed by atoms with Gasteiger partial charge in [-0.15, -0.1) is 0 Å². The molecule has 5 atom stereocenters. The van der Waals surface area contributed by atoms with Gasteiger partial charge in [-0.1, -0.05) is 38.1 Å². The molecule has 1 aromatic rings. The number of carbonyl (C=O) groups excluding carboxylic acids is 1. The van der Waals surface area contributed by atoms with E-state index in [2.05, 4.69) is 13.8 Å². The highest BCUT2D eigenvalue weighted by Crippen LogP contribution is 2.23. The van der Waals surface area contributed by atoms with Gasteiger partial charge < -0.3 is 29.9 Å². The molecular formula is C18H24O8. The van der Waals surface area contributed by atoms with Gasteiger partial charge >= 0.3 is 11.9 Å². The van der Waals surface area contributed by atoms with Crippen LogP contribution in [0.3, 0.4) is 0 Å². The van der Waals surface area contributed by atoms with Crippen LogP contribution in [0.2, 0.25) is 0 Å². The fourth-order valence-electron chi connectivity index (χ4n) is 2.75. The minimum atomic E-state index is -1.83. The molecule has 0 spiro atoms. The van der Waals surface area contributed by atoms with E-state index in [1.54, 1.807) is 12.1 Å². The minimum Gasteiger partial charge on any atom is -0.479 e. The van der Waals surface area contributed by atoms with Crippen molar-refractivity contribution >= 4 is 11.9 Å². The van der Waals surface area contributed by atoms with Crippen LogP contribution in [-0.2, 0) is 31.9 Å². The van der Waals surface area contributed by atoms with Crippen molar-refractivity contribution in [2.75, 3.05) is 0 Å². The van der Waals surface area contributed by atoms with E-state index in [1.807, 2.05) is 12.1 Å². The molecule has 1 aliphatic rings. The third-order valence-electron chi connectivity index (χ3n) is 4.08. The monoisotopic (exact) mass is 368 g/mol. The summed E-state index contributed by atoms with van der Waals surface area (Å²) in [6.45, 7) is 4.22. The van der Waals surface area contributed by atoms with Crippen molar-refractivity contribution in [1.29, 1.82) is 0 Å². The average molecular weight is 368 g/mol. The average Bonchev–Trinajstić information content (AvgIpc) is 2.56. The Morgan fingerprint density at radius 3 is 2.15 bits per heavy atom. The van der Waals surface area contributed by atoms with Crippen LogP contribution in [0.4, 0.5) is 0 Å². The summed E-state index contributed by atoms with van der Waals surface area (Å²) in [7, 11) is 0. The highest BCUT2D eigenvalue weighted by atomic mass is 16.7. The number of aliphatic hydroxyl groups excluding tert-OH is 3. The second-order valence-corrected chi connectivity index (χ2v) is 6.82. The lowest BCUT2D eigenvalue weighted by Gasteiger charge is -2.37. The predicted octanol–water partition coefficient (Wildman–Crippen LogP) is -0.137. The Morgan fingerprint density at radius 2 is 1.62 bits per heavy atom. The number of aliphatic hydroxyl groups is 3. The van der Waals surface area contributed by atoms with Gasteiger partial charge in [-0.3, -0.25) is 4.79 Å². The van der Waals surface area contributed by atoms with Crippen LogP contribution < -0.4 is 0 Å². The van der Waals surface area contributed by atoms with Crippen LogP contribution >= 0.6 is 0 Å². The number of carboxylic acid groups (broad SMARTS) is 1. The number of benzene rings is 1. The summed E-state index contributed by atoms with van der Waals surface area (Å²) in [6.07, 6.45) is -8.06. The molecule has 0 amide bonds. The molecule has 0 saturated carbocycles. The molecule has 0 unspecified atom stereocenters. The molecule has 8 heteroatoms. The molecule has 26 heavy (non-hydrogen) atoms. The molecule has 1 fully saturated rings. The van der Waals surface area contributed by atoms with Gasteiger partial charge in [0, 0.05) is 0 Å². The molecule has 4 N–H and O–H groups in total. The fraction of sp³-hybridized carbons (Fsp3) is 0.556. The lowest BCUT2D eigenvalue weighted by atomic mass is 9.99. The first kappa shape index (κ1) is 20.3. The van der Waals surface area contributed by atoms with Crippen LogP contribution in [0.15, 0.2) is 24.3 Å². The number of hydrogen-bond acceptors (Lipinski definition) is 7. The van der Waals surface area contributed by atoms with E-state index in [9.17, 15) is 24.9 Å². The van der Waals surface area contributed by atoms with E-state index in [0.717, 1.165) is 12.0 Å². The lowest BCUT2D eigenvalue weighted by Crippen LogP contribution is -2.60. The molecule has 1 aliphatic heterocycles. The maximum Gasteiger partial charge on any atom is 0.335 e. The van der Waals surface area contributed by atoms with E-state index in [-0.39, 0.29) is 6.42 Å². The van der Waals surface area contributed by atoms with Crippen LogP contribution in [0.1, 0.15) is 25.0 Å². The van der Waals surface area contributed by atoms with Crippen molar-refractivity contribution in [2.45, 2.75) is 57.4 Å². The summed E-state index contributed by atoms with van der Waals surface area (Å²) in [5, 5.41) is 38.1. The number of aliphatic carboxylic acids is 1. The normalized spacial score (nSPS) is 28.8. The topological polar surface area (TPSA) is 134 Å². The number of ether oxygens (including phenoxy) is 2. The standard InChI is InChI=1S/C18H24O8/c1-9(2)7-10-3-5-11(6-4-10)8-12(19)25-18-15(22)13(20)14(21)16(26-18)17(23)24/h3-6,9,13-16,18,20-22H,7-8H2,1-2H3,(H,23,24)/t13-,14-,15+,16-,18+/m0/s1. The Kier molecular flexibility index (Phi) is 6.71. The smallest absolute Gasteiger partial charge is 0.335 e. The van der Waals surface area contributed by atoms with Gasteiger partial charge in [-0.25, -0.2) is 4.79 Å². The molecule has 0 radical (unpaired) electrons. The fourth-order valence-corrected chi connectivity index (χ4v) is 2.75. The number of carbonyl (C=O) groups is 2. The Morgan fingerprint density at radius 1 is 1.04 bits per heavy atom. The SMILES string of the molecule is CC(C)Cc1ccc(CC(=O)O[C@@H]2O[C@H](C(=O)O)[C@@H](O)[C@H](O)[C@H]2O)cc1. The molecule has 8 nitrogen and oxygen atoms in total. The summed E-state index contributed by atoms with van der Waals surface area (Å²) < 4.78 is 9.87. The summed E-state index contributed by atoms with van der Waals surface area (Å²) in [6, 6.07) is 7.40. The van der Waals surface area contributed by atoms with E-state index in [1.165, 1.54) is 0 Å².